The maximum atomic E-state index is 11.5. The Kier molecular flexibility index (Phi) is 32.5. The van der Waals surface area contributed by atoms with Crippen LogP contribution < -0.4 is 5.32 Å². The number of carbonyl (C=O) groups excluding carboxylic acids is 2. The van der Waals surface area contributed by atoms with Crippen LogP contribution in [0.15, 0.2) is 0 Å². The molecule has 15 heteroatoms. The van der Waals surface area contributed by atoms with E-state index < -0.39 is 11.7 Å². The van der Waals surface area contributed by atoms with Gasteiger partial charge in [0.25, 0.3) is 0 Å². The van der Waals surface area contributed by atoms with Gasteiger partial charge in [0.05, 0.1) is 145 Å². The van der Waals surface area contributed by atoms with Crippen LogP contribution in [0, 0.1) is 0 Å². The first-order chi connectivity index (χ1) is 21.8. The third-order valence-corrected chi connectivity index (χ3v) is 5.02. The van der Waals surface area contributed by atoms with E-state index in [2.05, 4.69) is 5.32 Å². The van der Waals surface area contributed by atoms with Gasteiger partial charge >= 0.3 is 12.1 Å². The van der Waals surface area contributed by atoms with Gasteiger partial charge in [-0.15, -0.1) is 0 Å². The van der Waals surface area contributed by atoms with Gasteiger partial charge in [-0.05, 0) is 27.7 Å². The molecule has 0 saturated heterocycles. The highest BCUT2D eigenvalue weighted by atomic mass is 16.6. The molecular formula is C30H59NO14. The molecule has 0 atom stereocenters. The Morgan fingerprint density at radius 3 is 1.04 bits per heavy atom. The normalized spacial score (nSPS) is 11.6. The largest absolute Gasteiger partial charge is 0.466 e. The molecule has 0 heterocycles. The number of carbonyl (C=O) groups is 2. The highest BCUT2D eigenvalue weighted by Crippen LogP contribution is 2.06. The van der Waals surface area contributed by atoms with Crippen LogP contribution >= 0.6 is 0 Å². The molecule has 0 saturated carbocycles. The summed E-state index contributed by atoms with van der Waals surface area (Å²) in [6.45, 7) is 17.2. The van der Waals surface area contributed by atoms with Crippen molar-refractivity contribution in [3.8, 4) is 0 Å². The summed E-state index contributed by atoms with van der Waals surface area (Å²) >= 11 is 0. The topological polar surface area (TPSA) is 157 Å². The predicted octanol–water partition coefficient (Wildman–Crippen LogP) is 1.63. The number of amides is 1. The summed E-state index contributed by atoms with van der Waals surface area (Å²) in [5, 5.41) is 2.62. The molecule has 1 N–H and O–H groups in total. The standard InChI is InChI=1S/C30H59NO14/c1-5-44-28(32)6-8-34-10-12-36-14-16-38-18-20-40-22-24-42-26-27-43-25-23-41-21-19-39-17-15-37-13-11-35-9-7-31-29(33)45-30(2,3)4/h5-27H2,1-4H3,(H,31,33). The van der Waals surface area contributed by atoms with Crippen LogP contribution in [-0.2, 0) is 61.6 Å². The second-order valence-electron chi connectivity index (χ2n) is 10.1. The van der Waals surface area contributed by atoms with E-state index >= 15 is 0 Å². The first-order valence-electron chi connectivity index (χ1n) is 15.7. The molecule has 0 aromatic rings. The number of alkyl carbamates (subject to hydrolysis) is 1. The minimum atomic E-state index is -0.513. The molecule has 45 heavy (non-hydrogen) atoms. The first kappa shape index (κ1) is 43.3. The number of hydrogen-bond donors (Lipinski definition) is 1. The Bertz CT molecular complexity index is 651. The summed E-state index contributed by atoms with van der Waals surface area (Å²) in [5.41, 5.74) is -0.513. The van der Waals surface area contributed by atoms with E-state index in [-0.39, 0.29) is 12.4 Å². The molecule has 0 fully saturated rings. The van der Waals surface area contributed by atoms with Gasteiger partial charge in [-0.1, -0.05) is 0 Å². The van der Waals surface area contributed by atoms with E-state index in [1.807, 2.05) is 20.8 Å². The minimum Gasteiger partial charge on any atom is -0.466 e. The third kappa shape index (κ3) is 38.4. The average molecular weight is 658 g/mol. The molecule has 1 amide bonds. The van der Waals surface area contributed by atoms with Crippen molar-refractivity contribution in [2.24, 2.45) is 0 Å². The van der Waals surface area contributed by atoms with Crippen molar-refractivity contribution >= 4 is 12.1 Å². The Morgan fingerprint density at radius 2 is 0.756 bits per heavy atom. The molecule has 15 nitrogen and oxygen atoms in total. The second-order valence-corrected chi connectivity index (χ2v) is 10.1. The molecule has 0 unspecified atom stereocenters. The number of ether oxygens (including phenoxy) is 12. The van der Waals surface area contributed by atoms with Crippen molar-refractivity contribution < 1.29 is 66.4 Å². The van der Waals surface area contributed by atoms with Crippen molar-refractivity contribution in [1.82, 2.24) is 5.32 Å². The molecule has 0 radical (unpaired) electrons. The fraction of sp³-hybridized carbons (Fsp3) is 0.933. The van der Waals surface area contributed by atoms with Gasteiger partial charge in [-0.2, -0.15) is 0 Å². The van der Waals surface area contributed by atoms with Gasteiger partial charge in [0, 0.05) is 6.54 Å². The van der Waals surface area contributed by atoms with Gasteiger partial charge in [0.15, 0.2) is 0 Å². The smallest absolute Gasteiger partial charge is 0.407 e. The van der Waals surface area contributed by atoms with E-state index in [9.17, 15) is 9.59 Å². The first-order valence-corrected chi connectivity index (χ1v) is 15.7. The second kappa shape index (κ2) is 33.7. The molecule has 0 aliphatic carbocycles. The highest BCUT2D eigenvalue weighted by molar-refractivity contribution is 5.69. The molecule has 0 rings (SSSR count). The van der Waals surface area contributed by atoms with Crippen LogP contribution in [0.2, 0.25) is 0 Å². The number of hydrogen-bond acceptors (Lipinski definition) is 14. The van der Waals surface area contributed by atoms with Gasteiger partial charge in [0.1, 0.15) is 5.60 Å². The lowest BCUT2D eigenvalue weighted by molar-refractivity contribution is -0.144. The Labute approximate surface area is 269 Å². The zero-order chi connectivity index (χ0) is 33.1. The fourth-order valence-corrected chi connectivity index (χ4v) is 3.01. The summed E-state index contributed by atoms with van der Waals surface area (Å²) in [6, 6.07) is 0. The zero-order valence-corrected chi connectivity index (χ0v) is 28.0. The minimum absolute atomic E-state index is 0.253. The lowest BCUT2D eigenvalue weighted by Gasteiger charge is -2.19. The van der Waals surface area contributed by atoms with Crippen molar-refractivity contribution in [3.63, 3.8) is 0 Å². The van der Waals surface area contributed by atoms with Gasteiger partial charge in [0.2, 0.25) is 0 Å². The Hall–Kier alpha value is -1.66. The molecule has 0 aromatic heterocycles. The maximum absolute atomic E-state index is 11.5. The number of nitrogens with one attached hydrogen (secondary N) is 1. The molecule has 0 spiro atoms. The molecule has 268 valence electrons. The number of rotatable bonds is 34. The molecule has 0 aromatic carbocycles. The van der Waals surface area contributed by atoms with Gasteiger partial charge < -0.3 is 62.2 Å². The summed E-state index contributed by atoms with van der Waals surface area (Å²) in [7, 11) is 0. The fourth-order valence-electron chi connectivity index (χ4n) is 3.01. The van der Waals surface area contributed by atoms with Crippen LogP contribution in [0.5, 0.6) is 0 Å². The summed E-state index contributed by atoms with van der Waals surface area (Å²) in [6.07, 6.45) is -0.203. The molecule has 0 bridgehead atoms. The predicted molar refractivity (Wildman–Crippen MR) is 164 cm³/mol. The van der Waals surface area contributed by atoms with E-state index in [0.29, 0.717) is 145 Å². The van der Waals surface area contributed by atoms with Crippen molar-refractivity contribution in [1.29, 1.82) is 0 Å². The Morgan fingerprint density at radius 1 is 0.467 bits per heavy atom. The summed E-state index contributed by atoms with van der Waals surface area (Å²) < 4.78 is 64.1. The van der Waals surface area contributed by atoms with Crippen LogP contribution in [-0.4, -0.2) is 163 Å². The van der Waals surface area contributed by atoms with E-state index in [1.54, 1.807) is 6.92 Å². The van der Waals surface area contributed by atoms with E-state index in [4.69, 9.17) is 56.8 Å². The maximum Gasteiger partial charge on any atom is 0.407 e. The van der Waals surface area contributed by atoms with Gasteiger partial charge in [-0.3, -0.25) is 4.79 Å². The monoisotopic (exact) mass is 657 g/mol. The summed E-state index contributed by atoms with van der Waals surface area (Å²) in [4.78, 5) is 22.6. The zero-order valence-electron chi connectivity index (χ0n) is 28.0. The van der Waals surface area contributed by atoms with Crippen LogP contribution in [0.25, 0.3) is 0 Å². The van der Waals surface area contributed by atoms with Crippen LogP contribution in [0.3, 0.4) is 0 Å². The van der Waals surface area contributed by atoms with E-state index in [1.165, 1.54) is 0 Å². The number of esters is 1. The van der Waals surface area contributed by atoms with Gasteiger partial charge in [-0.25, -0.2) is 4.79 Å². The molecule has 0 aliphatic heterocycles. The van der Waals surface area contributed by atoms with Crippen molar-refractivity contribution in [2.75, 3.05) is 145 Å². The third-order valence-electron chi connectivity index (χ3n) is 5.02. The molecule has 0 aliphatic rings. The molecular weight excluding hydrogens is 598 g/mol. The Balaban J connectivity index is 3.11. The van der Waals surface area contributed by atoms with Crippen LogP contribution in [0.4, 0.5) is 4.79 Å². The SMILES string of the molecule is CCOC(=O)CCOCCOCCOCCOCCOCCOCCOCCOCCOCCOCCNC(=O)OC(C)(C)C. The lowest BCUT2D eigenvalue weighted by Crippen LogP contribution is -2.34. The van der Waals surface area contributed by atoms with E-state index in [0.717, 1.165) is 0 Å². The average Bonchev–Trinajstić information content (AvgIpc) is 2.98. The van der Waals surface area contributed by atoms with Crippen molar-refractivity contribution in [3.05, 3.63) is 0 Å². The van der Waals surface area contributed by atoms with Crippen molar-refractivity contribution in [2.45, 2.75) is 39.7 Å². The summed E-state index contributed by atoms with van der Waals surface area (Å²) in [5.74, 6) is -0.254. The van der Waals surface area contributed by atoms with Crippen LogP contribution in [0.1, 0.15) is 34.1 Å². The quantitative estimate of drug-likeness (QED) is 0.0787. The lowest BCUT2D eigenvalue weighted by atomic mass is 10.2. The highest BCUT2D eigenvalue weighted by Gasteiger charge is 2.15.